The maximum atomic E-state index is 13.4. The molecule has 2 heterocycles. The molecule has 5 rings (SSSR count). The average Bonchev–Trinajstić information content (AvgIpc) is 2.86. The van der Waals surface area contributed by atoms with Crippen LogP contribution >= 0.6 is 11.8 Å². The van der Waals surface area contributed by atoms with Crippen LogP contribution in [0.2, 0.25) is 0 Å². The minimum atomic E-state index is -3.39. The van der Waals surface area contributed by atoms with E-state index in [9.17, 15) is 8.42 Å². The van der Waals surface area contributed by atoms with E-state index in [0.717, 1.165) is 38.0 Å². The third kappa shape index (κ3) is 4.90. The van der Waals surface area contributed by atoms with Crippen molar-refractivity contribution in [2.24, 2.45) is 0 Å². The molecule has 2 aliphatic heterocycles. The van der Waals surface area contributed by atoms with Crippen LogP contribution in [-0.2, 0) is 22.9 Å². The zero-order valence-electron chi connectivity index (χ0n) is 19.0. The van der Waals surface area contributed by atoms with E-state index in [-0.39, 0.29) is 0 Å². The predicted molar refractivity (Wildman–Crippen MR) is 135 cm³/mol. The summed E-state index contributed by atoms with van der Waals surface area (Å²) >= 11 is 1.78. The van der Waals surface area contributed by atoms with Crippen LogP contribution in [0.1, 0.15) is 34.4 Å². The first-order valence-electron chi connectivity index (χ1n) is 11.6. The van der Waals surface area contributed by atoms with Crippen molar-refractivity contribution in [2.75, 3.05) is 32.7 Å². The van der Waals surface area contributed by atoms with Gasteiger partial charge in [-0.2, -0.15) is 4.31 Å². The van der Waals surface area contributed by atoms with Crippen LogP contribution in [0.5, 0.6) is 0 Å². The average molecular weight is 479 g/mol. The molecule has 0 bridgehead atoms. The van der Waals surface area contributed by atoms with Gasteiger partial charge in [0.05, 0.1) is 5.25 Å². The monoisotopic (exact) mass is 478 g/mol. The molecule has 1 saturated heterocycles. The molecule has 0 aromatic heterocycles. The van der Waals surface area contributed by atoms with Crippen molar-refractivity contribution < 1.29 is 8.42 Å². The topological polar surface area (TPSA) is 40.6 Å². The summed E-state index contributed by atoms with van der Waals surface area (Å²) < 4.78 is 28.6. The lowest BCUT2D eigenvalue weighted by Gasteiger charge is -2.35. The summed E-state index contributed by atoms with van der Waals surface area (Å²) in [5, 5.41) is -0.541. The molecule has 0 saturated carbocycles. The quantitative estimate of drug-likeness (QED) is 0.391. The number of benzene rings is 3. The van der Waals surface area contributed by atoms with E-state index >= 15 is 0 Å². The van der Waals surface area contributed by atoms with Crippen molar-refractivity contribution >= 4 is 21.8 Å². The molecular formula is C27H30N2O2S2. The third-order valence-corrected chi connectivity index (χ3v) is 10.3. The van der Waals surface area contributed by atoms with E-state index in [2.05, 4.69) is 65.6 Å². The van der Waals surface area contributed by atoms with Crippen molar-refractivity contribution in [1.29, 1.82) is 0 Å². The van der Waals surface area contributed by atoms with Gasteiger partial charge >= 0.3 is 0 Å². The van der Waals surface area contributed by atoms with Gasteiger partial charge in [-0.15, -0.1) is 0 Å². The zero-order chi connectivity index (χ0) is 22.8. The van der Waals surface area contributed by atoms with E-state index in [1.165, 1.54) is 26.5 Å². The van der Waals surface area contributed by atoms with Crippen molar-refractivity contribution in [3.05, 3.63) is 95.1 Å². The second kappa shape index (κ2) is 9.63. The fourth-order valence-corrected chi connectivity index (χ4v) is 7.36. The van der Waals surface area contributed by atoms with Crippen molar-refractivity contribution in [2.45, 2.75) is 34.8 Å². The van der Waals surface area contributed by atoms with Crippen molar-refractivity contribution in [3.8, 4) is 0 Å². The Kier molecular flexibility index (Phi) is 6.61. The van der Waals surface area contributed by atoms with Gasteiger partial charge in [-0.1, -0.05) is 72.4 Å². The van der Waals surface area contributed by atoms with Gasteiger partial charge in [0.25, 0.3) is 0 Å². The number of rotatable bonds is 6. The van der Waals surface area contributed by atoms with Gasteiger partial charge in [-0.05, 0) is 54.2 Å². The minimum absolute atomic E-state index is 0.541. The molecule has 33 heavy (non-hydrogen) atoms. The number of hydrogen-bond acceptors (Lipinski definition) is 4. The molecule has 1 fully saturated rings. The first-order chi connectivity index (χ1) is 16.0. The van der Waals surface area contributed by atoms with Crippen molar-refractivity contribution in [3.63, 3.8) is 0 Å². The Morgan fingerprint density at radius 2 is 1.55 bits per heavy atom. The van der Waals surface area contributed by atoms with E-state index < -0.39 is 15.3 Å². The van der Waals surface area contributed by atoms with Crippen LogP contribution in [0.25, 0.3) is 0 Å². The van der Waals surface area contributed by atoms with Gasteiger partial charge in [0, 0.05) is 42.5 Å². The SMILES string of the molecule is CC(c1ccc2c(c1)Cc1ccccc1S2)S(=O)(=O)N1CCN(CCc2ccccc2)CC1. The standard InChI is InChI=1S/C27H30N2O2S2/c1-21(23-11-12-27-25(19-23)20-24-9-5-6-10-26(24)32-27)33(30,31)29-17-15-28(16-18-29)14-13-22-7-3-2-4-8-22/h2-12,19,21H,13-18,20H2,1H3. The lowest BCUT2D eigenvalue weighted by molar-refractivity contribution is 0.189. The molecule has 2 aliphatic rings. The Morgan fingerprint density at radius 3 is 2.33 bits per heavy atom. The molecule has 0 spiro atoms. The van der Waals surface area contributed by atoms with Crippen LogP contribution in [0.3, 0.4) is 0 Å². The molecule has 6 heteroatoms. The number of sulfonamides is 1. The minimum Gasteiger partial charge on any atom is -0.300 e. The highest BCUT2D eigenvalue weighted by molar-refractivity contribution is 7.99. The summed E-state index contributed by atoms with van der Waals surface area (Å²) in [6.45, 7) is 5.51. The second-order valence-corrected chi connectivity index (χ2v) is 12.3. The van der Waals surface area contributed by atoms with Gasteiger partial charge in [0.1, 0.15) is 0 Å². The van der Waals surface area contributed by atoms with Crippen LogP contribution in [0.15, 0.2) is 82.6 Å². The summed E-state index contributed by atoms with van der Waals surface area (Å²) in [6, 6.07) is 25.1. The fourth-order valence-electron chi connectivity index (χ4n) is 4.70. The van der Waals surface area contributed by atoms with Crippen LogP contribution in [0, 0.1) is 0 Å². The lowest BCUT2D eigenvalue weighted by Crippen LogP contribution is -2.49. The summed E-state index contributed by atoms with van der Waals surface area (Å²) in [6.07, 6.45) is 1.86. The predicted octanol–water partition coefficient (Wildman–Crippen LogP) is 4.99. The largest absolute Gasteiger partial charge is 0.300 e. The van der Waals surface area contributed by atoms with Gasteiger partial charge in [0.15, 0.2) is 0 Å². The lowest BCUT2D eigenvalue weighted by atomic mass is 10.0. The van der Waals surface area contributed by atoms with E-state index in [0.29, 0.717) is 13.1 Å². The highest BCUT2D eigenvalue weighted by Crippen LogP contribution is 2.41. The molecule has 0 amide bonds. The summed E-state index contributed by atoms with van der Waals surface area (Å²) in [7, 11) is -3.39. The number of piperazine rings is 1. The second-order valence-electron chi connectivity index (χ2n) is 8.92. The van der Waals surface area contributed by atoms with Gasteiger partial charge in [-0.3, -0.25) is 0 Å². The maximum Gasteiger partial charge on any atom is 0.220 e. The molecular weight excluding hydrogens is 448 g/mol. The molecule has 172 valence electrons. The fraction of sp³-hybridized carbons (Fsp3) is 0.333. The number of hydrogen-bond donors (Lipinski definition) is 0. The Morgan fingerprint density at radius 1 is 0.848 bits per heavy atom. The molecule has 0 N–H and O–H groups in total. The van der Waals surface area contributed by atoms with Crippen molar-refractivity contribution in [1.82, 2.24) is 9.21 Å². The first-order valence-corrected chi connectivity index (χ1v) is 14.0. The highest BCUT2D eigenvalue weighted by Gasteiger charge is 2.33. The molecule has 1 atom stereocenters. The Hall–Kier alpha value is -2.12. The van der Waals surface area contributed by atoms with Gasteiger partial charge < -0.3 is 4.90 Å². The Labute approximate surface area is 201 Å². The van der Waals surface area contributed by atoms with Crippen LogP contribution in [0.4, 0.5) is 0 Å². The normalized spacial score (nSPS) is 17.8. The molecule has 0 aliphatic carbocycles. The summed E-state index contributed by atoms with van der Waals surface area (Å²) in [5.74, 6) is 0. The van der Waals surface area contributed by atoms with E-state index in [1.54, 1.807) is 16.1 Å². The molecule has 3 aromatic carbocycles. The van der Waals surface area contributed by atoms with Crippen LogP contribution < -0.4 is 0 Å². The molecule has 1 unspecified atom stereocenters. The number of nitrogens with zero attached hydrogens (tertiary/aromatic N) is 2. The Bertz CT molecular complexity index is 1220. The smallest absolute Gasteiger partial charge is 0.220 e. The van der Waals surface area contributed by atoms with E-state index in [4.69, 9.17) is 0 Å². The molecule has 3 aromatic rings. The van der Waals surface area contributed by atoms with E-state index in [1.807, 2.05) is 19.1 Å². The maximum absolute atomic E-state index is 13.4. The Balaban J connectivity index is 1.22. The molecule has 4 nitrogen and oxygen atoms in total. The van der Waals surface area contributed by atoms with Gasteiger partial charge in [0.2, 0.25) is 10.0 Å². The summed E-state index contributed by atoms with van der Waals surface area (Å²) in [4.78, 5) is 4.90. The zero-order valence-corrected chi connectivity index (χ0v) is 20.6. The molecule has 0 radical (unpaired) electrons. The third-order valence-electron chi connectivity index (χ3n) is 6.82. The van der Waals surface area contributed by atoms with Crippen LogP contribution in [-0.4, -0.2) is 50.3 Å². The highest BCUT2D eigenvalue weighted by atomic mass is 32.2. The van der Waals surface area contributed by atoms with Gasteiger partial charge in [-0.25, -0.2) is 8.42 Å². The summed E-state index contributed by atoms with van der Waals surface area (Å²) in [5.41, 5.74) is 4.76. The number of fused-ring (bicyclic) bond motifs is 2. The first kappa shape index (κ1) is 22.7.